The molecule has 0 saturated heterocycles. The maximum atomic E-state index is 11.2. The molecule has 1 fully saturated rings. The van der Waals surface area contributed by atoms with Gasteiger partial charge in [0.2, 0.25) is 0 Å². The Kier molecular flexibility index (Phi) is 3.92. The molecule has 0 heterocycles. The summed E-state index contributed by atoms with van der Waals surface area (Å²) in [7, 11) is 0. The fraction of sp³-hybridized carbons (Fsp3) is 0.800. The monoisotopic (exact) mass is 200 g/mol. The summed E-state index contributed by atoms with van der Waals surface area (Å²) in [6, 6.07) is 0. The number of hydrogen-bond acceptors (Lipinski definition) is 3. The Morgan fingerprint density at radius 1 is 1.29 bits per heavy atom. The smallest absolute Gasteiger partial charge is 0.320 e. The molecule has 1 rings (SSSR count). The maximum absolute atomic E-state index is 11.2. The Labute approximate surface area is 83.2 Å². The van der Waals surface area contributed by atoms with E-state index in [-0.39, 0.29) is 6.10 Å². The fourth-order valence-corrected chi connectivity index (χ4v) is 1.55. The summed E-state index contributed by atoms with van der Waals surface area (Å²) in [5, 5.41) is 8.58. The Bertz CT molecular complexity index is 218. The van der Waals surface area contributed by atoms with Crippen LogP contribution in [0.3, 0.4) is 0 Å². The lowest BCUT2D eigenvalue weighted by atomic mass is 9.97. The third-order valence-corrected chi connectivity index (χ3v) is 2.56. The molecule has 1 saturated carbocycles. The van der Waals surface area contributed by atoms with E-state index in [0.717, 1.165) is 25.7 Å². The van der Waals surface area contributed by atoms with E-state index in [4.69, 9.17) is 9.84 Å². The summed E-state index contributed by atoms with van der Waals surface area (Å²) in [6.45, 7) is 1.35. The standard InChI is InChI=1S/C10H16O4/c1-7(9(11)12)10(13)14-8-5-3-2-4-6-8/h7-8H,2-6H2,1H3,(H,11,12). The van der Waals surface area contributed by atoms with E-state index in [1.54, 1.807) is 0 Å². The topological polar surface area (TPSA) is 63.6 Å². The van der Waals surface area contributed by atoms with Gasteiger partial charge in [0, 0.05) is 0 Å². The molecule has 0 aromatic rings. The number of ether oxygens (including phenoxy) is 1. The minimum absolute atomic E-state index is 0.0574. The van der Waals surface area contributed by atoms with Crippen molar-refractivity contribution in [1.82, 2.24) is 0 Å². The highest BCUT2D eigenvalue weighted by atomic mass is 16.5. The van der Waals surface area contributed by atoms with Crippen LogP contribution in [0.5, 0.6) is 0 Å². The van der Waals surface area contributed by atoms with Gasteiger partial charge in [0.25, 0.3) is 0 Å². The molecular weight excluding hydrogens is 184 g/mol. The molecule has 1 N–H and O–H groups in total. The molecule has 14 heavy (non-hydrogen) atoms. The molecule has 0 spiro atoms. The van der Waals surface area contributed by atoms with Crippen molar-refractivity contribution in [2.45, 2.75) is 45.1 Å². The van der Waals surface area contributed by atoms with Gasteiger partial charge in [-0.2, -0.15) is 0 Å². The number of aliphatic carboxylic acids is 1. The lowest BCUT2D eigenvalue weighted by Crippen LogP contribution is -2.28. The first kappa shape index (κ1) is 11.0. The molecule has 0 aromatic carbocycles. The lowest BCUT2D eigenvalue weighted by molar-refractivity contribution is -0.162. The summed E-state index contributed by atoms with van der Waals surface area (Å²) in [4.78, 5) is 21.7. The highest BCUT2D eigenvalue weighted by molar-refractivity contribution is 5.93. The number of rotatable bonds is 3. The summed E-state index contributed by atoms with van der Waals surface area (Å²) in [5.41, 5.74) is 0. The van der Waals surface area contributed by atoms with Crippen LogP contribution in [0.2, 0.25) is 0 Å². The first-order chi connectivity index (χ1) is 6.61. The second kappa shape index (κ2) is 4.98. The quantitative estimate of drug-likeness (QED) is 0.555. The zero-order valence-corrected chi connectivity index (χ0v) is 8.36. The van der Waals surface area contributed by atoms with Gasteiger partial charge in [-0.1, -0.05) is 6.42 Å². The van der Waals surface area contributed by atoms with Crippen molar-refractivity contribution in [3.63, 3.8) is 0 Å². The molecule has 0 aromatic heterocycles. The highest BCUT2D eigenvalue weighted by Gasteiger charge is 2.25. The first-order valence-electron chi connectivity index (χ1n) is 5.04. The molecule has 4 heteroatoms. The summed E-state index contributed by atoms with van der Waals surface area (Å²) in [6.07, 6.45) is 5.01. The highest BCUT2D eigenvalue weighted by Crippen LogP contribution is 2.21. The largest absolute Gasteiger partial charge is 0.481 e. The summed E-state index contributed by atoms with van der Waals surface area (Å²) in [5.74, 6) is -2.77. The van der Waals surface area contributed by atoms with Crippen LogP contribution in [-0.4, -0.2) is 23.1 Å². The normalized spacial score (nSPS) is 20.1. The molecule has 1 atom stereocenters. The number of esters is 1. The Morgan fingerprint density at radius 3 is 2.36 bits per heavy atom. The zero-order valence-electron chi connectivity index (χ0n) is 8.36. The van der Waals surface area contributed by atoms with Gasteiger partial charge in [-0.3, -0.25) is 9.59 Å². The molecule has 0 aliphatic heterocycles. The molecule has 1 aliphatic rings. The predicted molar refractivity (Wildman–Crippen MR) is 49.8 cm³/mol. The van der Waals surface area contributed by atoms with Crippen molar-refractivity contribution >= 4 is 11.9 Å². The van der Waals surface area contributed by atoms with Crippen LogP contribution in [0.25, 0.3) is 0 Å². The van der Waals surface area contributed by atoms with Crippen LogP contribution in [0, 0.1) is 5.92 Å². The van der Waals surface area contributed by atoms with Crippen LogP contribution in [0.15, 0.2) is 0 Å². The van der Waals surface area contributed by atoms with Gasteiger partial charge in [0.1, 0.15) is 6.10 Å². The van der Waals surface area contributed by atoms with Gasteiger partial charge in [0.15, 0.2) is 5.92 Å². The molecule has 0 amide bonds. The van der Waals surface area contributed by atoms with E-state index in [9.17, 15) is 9.59 Å². The van der Waals surface area contributed by atoms with E-state index in [1.165, 1.54) is 13.3 Å². The Morgan fingerprint density at radius 2 is 1.86 bits per heavy atom. The molecule has 4 nitrogen and oxygen atoms in total. The summed E-state index contributed by atoms with van der Waals surface area (Å²) < 4.78 is 5.09. The average molecular weight is 200 g/mol. The predicted octanol–water partition coefficient (Wildman–Crippen LogP) is 1.58. The van der Waals surface area contributed by atoms with Gasteiger partial charge >= 0.3 is 11.9 Å². The van der Waals surface area contributed by atoms with Crippen molar-refractivity contribution in [2.75, 3.05) is 0 Å². The fourth-order valence-electron chi connectivity index (χ4n) is 1.55. The molecule has 0 radical (unpaired) electrons. The number of carbonyl (C=O) groups excluding carboxylic acids is 1. The number of carboxylic acid groups (broad SMARTS) is 1. The van der Waals surface area contributed by atoms with Crippen LogP contribution >= 0.6 is 0 Å². The minimum Gasteiger partial charge on any atom is -0.481 e. The Balaban J connectivity index is 2.35. The second-order valence-electron chi connectivity index (χ2n) is 3.76. The minimum atomic E-state index is -1.12. The maximum Gasteiger partial charge on any atom is 0.320 e. The molecular formula is C10H16O4. The van der Waals surface area contributed by atoms with Crippen molar-refractivity contribution in [2.24, 2.45) is 5.92 Å². The van der Waals surface area contributed by atoms with Gasteiger partial charge in [-0.25, -0.2) is 0 Å². The summed E-state index contributed by atoms with van der Waals surface area (Å²) >= 11 is 0. The van der Waals surface area contributed by atoms with E-state index >= 15 is 0 Å². The van der Waals surface area contributed by atoms with Gasteiger partial charge in [-0.05, 0) is 32.6 Å². The van der Waals surface area contributed by atoms with E-state index in [2.05, 4.69) is 0 Å². The second-order valence-corrected chi connectivity index (χ2v) is 3.76. The number of carbonyl (C=O) groups is 2. The van der Waals surface area contributed by atoms with Crippen LogP contribution in [0.1, 0.15) is 39.0 Å². The Hall–Kier alpha value is -1.06. The van der Waals surface area contributed by atoms with Gasteiger partial charge in [0.05, 0.1) is 0 Å². The third-order valence-electron chi connectivity index (χ3n) is 2.56. The third kappa shape index (κ3) is 3.01. The van der Waals surface area contributed by atoms with Crippen LogP contribution in [-0.2, 0) is 14.3 Å². The van der Waals surface area contributed by atoms with Crippen LogP contribution in [0.4, 0.5) is 0 Å². The SMILES string of the molecule is CC(C(=O)O)C(=O)OC1CCCCC1. The molecule has 0 bridgehead atoms. The van der Waals surface area contributed by atoms with Gasteiger partial charge < -0.3 is 9.84 Å². The number of hydrogen-bond donors (Lipinski definition) is 1. The van der Waals surface area contributed by atoms with Crippen molar-refractivity contribution in [3.05, 3.63) is 0 Å². The van der Waals surface area contributed by atoms with E-state index in [1.807, 2.05) is 0 Å². The van der Waals surface area contributed by atoms with Crippen molar-refractivity contribution in [1.29, 1.82) is 0 Å². The first-order valence-corrected chi connectivity index (χ1v) is 5.04. The zero-order chi connectivity index (χ0) is 10.6. The molecule has 1 aliphatic carbocycles. The van der Waals surface area contributed by atoms with E-state index < -0.39 is 17.9 Å². The van der Waals surface area contributed by atoms with Crippen molar-refractivity contribution < 1.29 is 19.4 Å². The average Bonchev–Trinajstić information content (AvgIpc) is 2.18. The molecule has 1 unspecified atom stereocenters. The van der Waals surface area contributed by atoms with E-state index in [0.29, 0.717) is 0 Å². The molecule has 80 valence electrons. The van der Waals surface area contributed by atoms with Crippen LogP contribution < -0.4 is 0 Å². The lowest BCUT2D eigenvalue weighted by Gasteiger charge is -2.22. The van der Waals surface area contributed by atoms with Crippen molar-refractivity contribution in [3.8, 4) is 0 Å². The number of carboxylic acids is 1. The van der Waals surface area contributed by atoms with Gasteiger partial charge in [-0.15, -0.1) is 0 Å².